The quantitative estimate of drug-likeness (QED) is 0.377. The minimum atomic E-state index is 0.332. The summed E-state index contributed by atoms with van der Waals surface area (Å²) in [7, 11) is 3.56. The van der Waals surface area contributed by atoms with Crippen molar-refractivity contribution in [2.75, 3.05) is 14.2 Å². The normalized spacial score (nSPS) is 16.6. The van der Waals surface area contributed by atoms with E-state index in [1.165, 1.54) is 47.9 Å². The maximum absolute atomic E-state index is 6.07. The lowest BCUT2D eigenvalue weighted by Crippen LogP contribution is -2.09. The molecule has 0 spiro atoms. The molecule has 28 heavy (non-hydrogen) atoms. The van der Waals surface area contributed by atoms with Crippen molar-refractivity contribution in [1.82, 2.24) is 4.98 Å². The van der Waals surface area contributed by atoms with E-state index in [0.717, 1.165) is 36.3 Å². The van der Waals surface area contributed by atoms with Crippen LogP contribution in [0.25, 0.3) is 11.1 Å². The Kier molecular flexibility index (Phi) is 7.13. The smallest absolute Gasteiger partial charge is 0.134 e. The van der Waals surface area contributed by atoms with Gasteiger partial charge >= 0.3 is 0 Å². The standard InChI is InChI=1S/C25H33NO2/c1-5-6-7-11-20-16-22(27-3)24(19-12-8-10-18(2)15-19)25(28-4)23(20)21-13-9-14-26-17-21/h9,13-17,19H,5-8,10-12H2,1-4H3. The highest BCUT2D eigenvalue weighted by Gasteiger charge is 2.27. The van der Waals surface area contributed by atoms with E-state index in [1.54, 1.807) is 14.2 Å². The van der Waals surface area contributed by atoms with Gasteiger partial charge in [0, 0.05) is 35.0 Å². The van der Waals surface area contributed by atoms with Crippen molar-refractivity contribution in [3.05, 3.63) is 53.4 Å². The fourth-order valence-electron chi connectivity index (χ4n) is 4.36. The Morgan fingerprint density at radius 2 is 2.04 bits per heavy atom. The van der Waals surface area contributed by atoms with Crippen LogP contribution in [0.5, 0.6) is 11.5 Å². The molecule has 0 saturated heterocycles. The summed E-state index contributed by atoms with van der Waals surface area (Å²) in [6, 6.07) is 6.37. The number of unbranched alkanes of at least 4 members (excludes halogenated alkanes) is 2. The van der Waals surface area contributed by atoms with Crippen LogP contribution in [0.2, 0.25) is 0 Å². The van der Waals surface area contributed by atoms with Crippen molar-refractivity contribution in [2.24, 2.45) is 0 Å². The highest BCUT2D eigenvalue weighted by atomic mass is 16.5. The zero-order chi connectivity index (χ0) is 19.9. The second-order valence-electron chi connectivity index (χ2n) is 7.77. The molecule has 0 bridgehead atoms. The molecule has 0 amide bonds. The molecule has 0 fully saturated rings. The number of ether oxygens (including phenoxy) is 2. The van der Waals surface area contributed by atoms with E-state index >= 15 is 0 Å². The first kappa shape index (κ1) is 20.4. The van der Waals surface area contributed by atoms with Crippen LogP contribution < -0.4 is 9.47 Å². The summed E-state index contributed by atoms with van der Waals surface area (Å²) in [5, 5.41) is 0. The predicted octanol–water partition coefficient (Wildman–Crippen LogP) is 6.71. The average molecular weight is 380 g/mol. The largest absolute Gasteiger partial charge is 0.496 e. The Morgan fingerprint density at radius 1 is 1.18 bits per heavy atom. The molecule has 1 aliphatic carbocycles. The molecule has 1 heterocycles. The molecule has 1 aliphatic rings. The Hall–Kier alpha value is -2.29. The molecule has 3 rings (SSSR count). The van der Waals surface area contributed by atoms with E-state index in [-0.39, 0.29) is 0 Å². The van der Waals surface area contributed by atoms with Crippen molar-refractivity contribution in [3.8, 4) is 22.6 Å². The molecule has 0 saturated carbocycles. The average Bonchev–Trinajstić information content (AvgIpc) is 2.73. The molecule has 1 aromatic heterocycles. The predicted molar refractivity (Wildman–Crippen MR) is 116 cm³/mol. The SMILES string of the molecule is CCCCCc1cc(OC)c(C2C=C(C)CCC2)c(OC)c1-c1cccnc1. The minimum Gasteiger partial charge on any atom is -0.496 e. The molecule has 0 aliphatic heterocycles. The number of aromatic nitrogens is 1. The molecular weight excluding hydrogens is 346 g/mol. The summed E-state index contributed by atoms with van der Waals surface area (Å²) < 4.78 is 12.0. The Morgan fingerprint density at radius 3 is 2.68 bits per heavy atom. The van der Waals surface area contributed by atoms with Gasteiger partial charge in [-0.25, -0.2) is 0 Å². The maximum atomic E-state index is 6.07. The van der Waals surface area contributed by atoms with Gasteiger partial charge in [-0.1, -0.05) is 37.5 Å². The number of hydrogen-bond donors (Lipinski definition) is 0. The third-order valence-corrected chi connectivity index (χ3v) is 5.73. The maximum Gasteiger partial charge on any atom is 0.134 e. The number of pyridine rings is 1. The van der Waals surface area contributed by atoms with E-state index in [1.807, 2.05) is 18.5 Å². The van der Waals surface area contributed by atoms with Crippen molar-refractivity contribution >= 4 is 0 Å². The van der Waals surface area contributed by atoms with E-state index < -0.39 is 0 Å². The molecular formula is C25H33NO2. The molecule has 1 aromatic carbocycles. The van der Waals surface area contributed by atoms with Crippen LogP contribution in [0.1, 0.15) is 69.4 Å². The van der Waals surface area contributed by atoms with Gasteiger partial charge in [-0.3, -0.25) is 4.98 Å². The number of rotatable bonds is 8. The van der Waals surface area contributed by atoms with Gasteiger partial charge in [-0.15, -0.1) is 0 Å². The molecule has 1 atom stereocenters. The van der Waals surface area contributed by atoms with Gasteiger partial charge in [0.2, 0.25) is 0 Å². The summed E-state index contributed by atoms with van der Waals surface area (Å²) in [6.07, 6.45) is 14.3. The van der Waals surface area contributed by atoms with E-state index in [9.17, 15) is 0 Å². The first-order chi connectivity index (χ1) is 13.7. The lowest BCUT2D eigenvalue weighted by atomic mass is 9.82. The van der Waals surface area contributed by atoms with Gasteiger partial charge in [0.05, 0.1) is 14.2 Å². The van der Waals surface area contributed by atoms with E-state index in [4.69, 9.17) is 9.47 Å². The van der Waals surface area contributed by atoms with Gasteiger partial charge < -0.3 is 9.47 Å². The lowest BCUT2D eigenvalue weighted by molar-refractivity contribution is 0.379. The summed E-state index contributed by atoms with van der Waals surface area (Å²) in [4.78, 5) is 4.37. The summed E-state index contributed by atoms with van der Waals surface area (Å²) in [5.74, 6) is 2.24. The van der Waals surface area contributed by atoms with Crippen LogP contribution in [0.15, 0.2) is 42.2 Å². The fraction of sp³-hybridized carbons (Fsp3) is 0.480. The molecule has 150 valence electrons. The Balaban J connectivity index is 2.21. The van der Waals surface area contributed by atoms with Crippen molar-refractivity contribution in [2.45, 2.75) is 64.7 Å². The first-order valence-corrected chi connectivity index (χ1v) is 10.5. The zero-order valence-corrected chi connectivity index (χ0v) is 17.8. The highest BCUT2D eigenvalue weighted by molar-refractivity contribution is 5.78. The number of benzene rings is 1. The molecule has 0 N–H and O–H groups in total. The van der Waals surface area contributed by atoms with Crippen LogP contribution in [-0.2, 0) is 6.42 Å². The van der Waals surface area contributed by atoms with Gasteiger partial charge in [-0.05, 0) is 56.7 Å². The van der Waals surface area contributed by atoms with Gasteiger partial charge in [0.25, 0.3) is 0 Å². The third-order valence-electron chi connectivity index (χ3n) is 5.73. The van der Waals surface area contributed by atoms with Crippen LogP contribution in [-0.4, -0.2) is 19.2 Å². The van der Waals surface area contributed by atoms with E-state index in [2.05, 4.69) is 37.0 Å². The molecule has 2 aromatic rings. The van der Waals surface area contributed by atoms with Crippen LogP contribution in [0.4, 0.5) is 0 Å². The van der Waals surface area contributed by atoms with E-state index in [0.29, 0.717) is 5.92 Å². The number of allylic oxidation sites excluding steroid dienone is 2. The number of methoxy groups -OCH3 is 2. The van der Waals surface area contributed by atoms with Crippen LogP contribution in [0.3, 0.4) is 0 Å². The summed E-state index contributed by atoms with van der Waals surface area (Å²) >= 11 is 0. The minimum absolute atomic E-state index is 0.332. The van der Waals surface area contributed by atoms with Crippen molar-refractivity contribution in [1.29, 1.82) is 0 Å². The van der Waals surface area contributed by atoms with Crippen molar-refractivity contribution in [3.63, 3.8) is 0 Å². The number of aryl methyl sites for hydroxylation is 1. The Bertz CT molecular complexity index is 811. The summed E-state index contributed by atoms with van der Waals surface area (Å²) in [6.45, 7) is 4.47. The van der Waals surface area contributed by atoms with Gasteiger partial charge in [0.15, 0.2) is 0 Å². The Labute approximate surface area is 169 Å². The monoisotopic (exact) mass is 379 g/mol. The van der Waals surface area contributed by atoms with Crippen LogP contribution in [0, 0.1) is 0 Å². The molecule has 3 heteroatoms. The molecule has 0 radical (unpaired) electrons. The van der Waals surface area contributed by atoms with Gasteiger partial charge in [-0.2, -0.15) is 0 Å². The number of nitrogens with zero attached hydrogens (tertiary/aromatic N) is 1. The van der Waals surface area contributed by atoms with Crippen molar-refractivity contribution < 1.29 is 9.47 Å². The zero-order valence-electron chi connectivity index (χ0n) is 17.8. The third kappa shape index (κ3) is 4.40. The van der Waals surface area contributed by atoms with Crippen LogP contribution >= 0.6 is 0 Å². The topological polar surface area (TPSA) is 31.4 Å². The second kappa shape index (κ2) is 9.77. The highest BCUT2D eigenvalue weighted by Crippen LogP contribution is 2.48. The first-order valence-electron chi connectivity index (χ1n) is 10.5. The second-order valence-corrected chi connectivity index (χ2v) is 7.77. The number of hydrogen-bond acceptors (Lipinski definition) is 3. The summed E-state index contributed by atoms with van der Waals surface area (Å²) in [5.41, 5.74) is 6.22. The fourth-order valence-corrected chi connectivity index (χ4v) is 4.36. The lowest BCUT2D eigenvalue weighted by Gasteiger charge is -2.27. The molecule has 3 nitrogen and oxygen atoms in total. The van der Waals surface area contributed by atoms with Gasteiger partial charge in [0.1, 0.15) is 11.5 Å². The molecule has 1 unspecified atom stereocenters.